The number of amides is 4. The maximum atomic E-state index is 12.6. The van der Waals surface area contributed by atoms with Crippen LogP contribution < -0.4 is 5.32 Å². The minimum absolute atomic E-state index is 0.0627. The van der Waals surface area contributed by atoms with Crippen LogP contribution in [0.4, 0.5) is 0 Å². The van der Waals surface area contributed by atoms with Gasteiger partial charge in [0, 0.05) is 12.6 Å². The van der Waals surface area contributed by atoms with Gasteiger partial charge in [0.15, 0.2) is 0 Å². The van der Waals surface area contributed by atoms with Crippen LogP contribution in [0.25, 0.3) is 0 Å². The molecule has 0 aliphatic carbocycles. The lowest BCUT2D eigenvalue weighted by Crippen LogP contribution is -2.54. The highest BCUT2D eigenvalue weighted by Crippen LogP contribution is 2.30. The predicted octanol–water partition coefficient (Wildman–Crippen LogP) is 0.780. The first-order valence-electron chi connectivity index (χ1n) is 7.42. The summed E-state index contributed by atoms with van der Waals surface area (Å²) >= 11 is 0. The standard InChI is InChI=1S/C16H17N3O4/c1-16(2,3)8-6-9-12(17-7-8)15(23)19(14(9)22)10-4-5-11(20)18-13(10)21/h6-7,10H,4-5H2,1-3H3,(H,18,20,21). The second-order valence-electron chi connectivity index (χ2n) is 6.82. The van der Waals surface area contributed by atoms with Crippen LogP contribution in [0, 0.1) is 0 Å². The highest BCUT2D eigenvalue weighted by atomic mass is 16.2. The van der Waals surface area contributed by atoms with Gasteiger partial charge in [-0.05, 0) is 23.5 Å². The van der Waals surface area contributed by atoms with Crippen molar-refractivity contribution in [3.8, 4) is 0 Å². The Morgan fingerprint density at radius 1 is 1.17 bits per heavy atom. The molecule has 2 aliphatic heterocycles. The van der Waals surface area contributed by atoms with E-state index in [0.29, 0.717) is 0 Å². The number of aromatic nitrogens is 1. The monoisotopic (exact) mass is 315 g/mol. The van der Waals surface area contributed by atoms with E-state index in [1.54, 1.807) is 12.3 Å². The molecule has 0 spiro atoms. The molecule has 4 amide bonds. The van der Waals surface area contributed by atoms with Gasteiger partial charge in [-0.3, -0.25) is 29.4 Å². The summed E-state index contributed by atoms with van der Waals surface area (Å²) in [4.78, 5) is 53.3. The van der Waals surface area contributed by atoms with Gasteiger partial charge in [-0.2, -0.15) is 0 Å². The number of hydrogen-bond acceptors (Lipinski definition) is 5. The summed E-state index contributed by atoms with van der Waals surface area (Å²) < 4.78 is 0. The molecule has 3 heterocycles. The van der Waals surface area contributed by atoms with E-state index in [4.69, 9.17) is 0 Å². The molecule has 23 heavy (non-hydrogen) atoms. The summed E-state index contributed by atoms with van der Waals surface area (Å²) in [5, 5.41) is 2.17. The van der Waals surface area contributed by atoms with E-state index < -0.39 is 29.7 Å². The number of carbonyl (C=O) groups excluding carboxylic acids is 4. The molecule has 120 valence electrons. The summed E-state index contributed by atoms with van der Waals surface area (Å²) in [6.07, 6.45) is 1.82. The fourth-order valence-electron chi connectivity index (χ4n) is 2.76. The first-order chi connectivity index (χ1) is 10.7. The normalized spacial score (nSPS) is 21.5. The van der Waals surface area contributed by atoms with Gasteiger partial charge in [-0.15, -0.1) is 0 Å². The molecule has 2 aliphatic rings. The van der Waals surface area contributed by atoms with Crippen molar-refractivity contribution < 1.29 is 19.2 Å². The van der Waals surface area contributed by atoms with Crippen LogP contribution in [-0.4, -0.2) is 39.6 Å². The fourth-order valence-corrected chi connectivity index (χ4v) is 2.76. The fraction of sp³-hybridized carbons (Fsp3) is 0.438. The van der Waals surface area contributed by atoms with Gasteiger partial charge in [0.1, 0.15) is 11.7 Å². The Bertz CT molecular complexity index is 748. The quantitative estimate of drug-likeness (QED) is 0.773. The molecule has 3 rings (SSSR count). The number of piperidine rings is 1. The van der Waals surface area contributed by atoms with Gasteiger partial charge in [0.2, 0.25) is 11.8 Å². The molecule has 1 N–H and O–H groups in total. The van der Waals surface area contributed by atoms with Crippen LogP contribution in [-0.2, 0) is 15.0 Å². The Hall–Kier alpha value is -2.57. The first kappa shape index (κ1) is 15.3. The molecular weight excluding hydrogens is 298 g/mol. The second kappa shape index (κ2) is 4.97. The van der Waals surface area contributed by atoms with Gasteiger partial charge < -0.3 is 0 Å². The second-order valence-corrected chi connectivity index (χ2v) is 6.82. The van der Waals surface area contributed by atoms with E-state index in [9.17, 15) is 19.2 Å². The minimum atomic E-state index is -0.958. The van der Waals surface area contributed by atoms with Gasteiger partial charge in [0.05, 0.1) is 5.56 Å². The Labute approximate surface area is 133 Å². The molecule has 1 aromatic heterocycles. The van der Waals surface area contributed by atoms with Crippen molar-refractivity contribution >= 4 is 23.6 Å². The molecule has 0 saturated carbocycles. The molecular formula is C16H17N3O4. The third-order valence-corrected chi connectivity index (χ3v) is 4.15. The van der Waals surface area contributed by atoms with Crippen molar-refractivity contribution in [1.82, 2.24) is 15.2 Å². The summed E-state index contributed by atoms with van der Waals surface area (Å²) in [7, 11) is 0. The number of imide groups is 2. The molecule has 0 radical (unpaired) electrons. The maximum absolute atomic E-state index is 12.6. The Morgan fingerprint density at radius 3 is 2.48 bits per heavy atom. The van der Waals surface area contributed by atoms with Crippen LogP contribution in [0.15, 0.2) is 12.3 Å². The highest BCUT2D eigenvalue weighted by Gasteiger charge is 2.45. The number of nitrogens with one attached hydrogen (secondary N) is 1. The summed E-state index contributed by atoms with van der Waals surface area (Å²) in [5.74, 6) is -2.12. The van der Waals surface area contributed by atoms with E-state index in [1.165, 1.54) is 0 Å². The zero-order chi connectivity index (χ0) is 16.9. The van der Waals surface area contributed by atoms with Crippen LogP contribution >= 0.6 is 0 Å². The molecule has 1 unspecified atom stereocenters. The van der Waals surface area contributed by atoms with Gasteiger partial charge in [0.25, 0.3) is 11.8 Å². The molecule has 0 bridgehead atoms. The third-order valence-electron chi connectivity index (χ3n) is 4.15. The average molecular weight is 315 g/mol. The van der Waals surface area contributed by atoms with Gasteiger partial charge >= 0.3 is 0 Å². The predicted molar refractivity (Wildman–Crippen MR) is 79.6 cm³/mol. The number of nitrogens with zero attached hydrogens (tertiary/aromatic N) is 2. The van der Waals surface area contributed by atoms with Crippen LogP contribution in [0.1, 0.15) is 60.0 Å². The Kier molecular flexibility index (Phi) is 3.31. The summed E-state index contributed by atoms with van der Waals surface area (Å²) in [6.45, 7) is 5.95. The van der Waals surface area contributed by atoms with E-state index in [-0.39, 0.29) is 29.5 Å². The molecule has 1 atom stereocenters. The van der Waals surface area contributed by atoms with E-state index in [2.05, 4.69) is 10.3 Å². The number of pyridine rings is 1. The van der Waals surface area contributed by atoms with Gasteiger partial charge in [-0.1, -0.05) is 20.8 Å². The van der Waals surface area contributed by atoms with Crippen molar-refractivity contribution in [2.45, 2.75) is 45.1 Å². The first-order valence-corrected chi connectivity index (χ1v) is 7.42. The van der Waals surface area contributed by atoms with Crippen LogP contribution in [0.2, 0.25) is 0 Å². The van der Waals surface area contributed by atoms with Crippen LogP contribution in [0.3, 0.4) is 0 Å². The molecule has 1 aromatic rings. The average Bonchev–Trinajstić information content (AvgIpc) is 2.71. The Balaban J connectivity index is 1.98. The lowest BCUT2D eigenvalue weighted by Gasteiger charge is -2.27. The summed E-state index contributed by atoms with van der Waals surface area (Å²) in [6, 6.07) is 0.703. The maximum Gasteiger partial charge on any atom is 0.280 e. The lowest BCUT2D eigenvalue weighted by atomic mass is 9.87. The Morgan fingerprint density at radius 2 is 1.87 bits per heavy atom. The zero-order valence-electron chi connectivity index (χ0n) is 13.2. The number of fused-ring (bicyclic) bond motifs is 1. The largest absolute Gasteiger partial charge is 0.295 e. The van der Waals surface area contributed by atoms with E-state index >= 15 is 0 Å². The van der Waals surface area contributed by atoms with E-state index in [0.717, 1.165) is 10.5 Å². The number of rotatable bonds is 1. The van der Waals surface area contributed by atoms with Crippen molar-refractivity contribution in [3.63, 3.8) is 0 Å². The van der Waals surface area contributed by atoms with Crippen molar-refractivity contribution in [1.29, 1.82) is 0 Å². The minimum Gasteiger partial charge on any atom is -0.295 e. The molecule has 0 aromatic carbocycles. The highest BCUT2D eigenvalue weighted by molar-refractivity contribution is 6.22. The third kappa shape index (κ3) is 2.42. The zero-order valence-corrected chi connectivity index (χ0v) is 13.2. The lowest BCUT2D eigenvalue weighted by molar-refractivity contribution is -0.136. The summed E-state index contributed by atoms with van der Waals surface area (Å²) in [5.41, 5.74) is 0.898. The van der Waals surface area contributed by atoms with Crippen molar-refractivity contribution in [2.24, 2.45) is 0 Å². The van der Waals surface area contributed by atoms with Crippen molar-refractivity contribution in [2.75, 3.05) is 0 Å². The van der Waals surface area contributed by atoms with Gasteiger partial charge in [-0.25, -0.2) is 4.98 Å². The van der Waals surface area contributed by atoms with Crippen LogP contribution in [0.5, 0.6) is 0 Å². The molecule has 1 fully saturated rings. The number of hydrogen-bond donors (Lipinski definition) is 1. The SMILES string of the molecule is CC(C)(C)c1cnc2c(c1)C(=O)N(C1CCC(=O)NC1=O)C2=O. The van der Waals surface area contributed by atoms with E-state index in [1.807, 2.05) is 20.8 Å². The van der Waals surface area contributed by atoms with Crippen molar-refractivity contribution in [3.05, 3.63) is 29.1 Å². The molecule has 1 saturated heterocycles. The molecule has 7 nitrogen and oxygen atoms in total. The topological polar surface area (TPSA) is 96.4 Å². The smallest absolute Gasteiger partial charge is 0.280 e. The number of carbonyl (C=O) groups is 4. The molecule has 7 heteroatoms.